The van der Waals surface area contributed by atoms with Crippen LogP contribution in [-0.4, -0.2) is 15.0 Å². The van der Waals surface area contributed by atoms with Crippen LogP contribution in [0.5, 0.6) is 0 Å². The molecular weight excluding hydrogens is 250 g/mol. The van der Waals surface area contributed by atoms with Crippen molar-refractivity contribution < 1.29 is 8.42 Å². The molecule has 0 radical (unpaired) electrons. The molecule has 1 aromatic rings. The fourth-order valence-corrected chi connectivity index (χ4v) is 3.04. The van der Waals surface area contributed by atoms with Crippen LogP contribution in [0.25, 0.3) is 0 Å². The van der Waals surface area contributed by atoms with Crippen molar-refractivity contribution >= 4 is 15.7 Å². The van der Waals surface area contributed by atoms with Gasteiger partial charge in [0.1, 0.15) is 0 Å². The second kappa shape index (κ2) is 5.69. The maximum Gasteiger partial charge on any atom is 0.240 e. The number of anilines is 1. The first kappa shape index (κ1) is 13.3. The Kier molecular flexibility index (Phi) is 4.21. The van der Waals surface area contributed by atoms with Crippen LogP contribution in [0, 0.1) is 5.92 Å². The molecule has 1 fully saturated rings. The van der Waals surface area contributed by atoms with E-state index >= 15 is 0 Å². The smallest absolute Gasteiger partial charge is 0.240 e. The molecule has 6 heteroatoms. The Morgan fingerprint density at radius 2 is 1.89 bits per heavy atom. The third-order valence-electron chi connectivity index (χ3n) is 3.40. The Bertz CT molecular complexity index is 481. The summed E-state index contributed by atoms with van der Waals surface area (Å²) in [6.07, 6.45) is 4.68. The lowest BCUT2D eigenvalue weighted by Crippen LogP contribution is -2.27. The average Bonchev–Trinajstić information content (AvgIpc) is 2.32. The maximum atomic E-state index is 12.0. The van der Waals surface area contributed by atoms with Crippen molar-refractivity contribution in [3.8, 4) is 0 Å². The van der Waals surface area contributed by atoms with E-state index in [9.17, 15) is 8.42 Å². The quantitative estimate of drug-likeness (QED) is 0.539. The summed E-state index contributed by atoms with van der Waals surface area (Å²) in [5.41, 5.74) is 3.15. The zero-order valence-electron chi connectivity index (χ0n) is 10.2. The number of sulfonamides is 1. The summed E-state index contributed by atoms with van der Waals surface area (Å²) in [4.78, 5) is 0.273. The minimum atomic E-state index is -3.38. The van der Waals surface area contributed by atoms with Gasteiger partial charge in [-0.25, -0.2) is 13.1 Å². The molecule has 100 valence electrons. The van der Waals surface area contributed by atoms with Crippen LogP contribution in [0.3, 0.4) is 0 Å². The molecule has 1 saturated carbocycles. The average molecular weight is 269 g/mol. The zero-order valence-corrected chi connectivity index (χ0v) is 11.0. The molecule has 0 amide bonds. The predicted octanol–water partition coefficient (Wildman–Crippen LogP) is 1.44. The molecule has 0 unspecified atom stereocenters. The molecule has 2 rings (SSSR count). The molecule has 0 aromatic heterocycles. The summed E-state index contributed by atoms with van der Waals surface area (Å²) >= 11 is 0. The largest absolute Gasteiger partial charge is 0.324 e. The predicted molar refractivity (Wildman–Crippen MR) is 71.4 cm³/mol. The summed E-state index contributed by atoms with van der Waals surface area (Å²) < 4.78 is 26.5. The second-order valence-electron chi connectivity index (χ2n) is 4.65. The highest BCUT2D eigenvalue weighted by atomic mass is 32.2. The van der Waals surface area contributed by atoms with E-state index in [0.29, 0.717) is 18.2 Å². The van der Waals surface area contributed by atoms with E-state index < -0.39 is 10.0 Å². The number of hydrazine groups is 1. The van der Waals surface area contributed by atoms with Crippen LogP contribution in [0.15, 0.2) is 29.2 Å². The first-order chi connectivity index (χ1) is 8.62. The van der Waals surface area contributed by atoms with Crippen molar-refractivity contribution in [2.75, 3.05) is 12.0 Å². The molecule has 0 saturated heterocycles. The Hall–Kier alpha value is -1.11. The highest BCUT2D eigenvalue weighted by molar-refractivity contribution is 7.89. The minimum Gasteiger partial charge on any atom is -0.324 e. The molecule has 0 aliphatic heterocycles. The van der Waals surface area contributed by atoms with Crippen LogP contribution >= 0.6 is 0 Å². The Labute approximate surface area is 108 Å². The lowest BCUT2D eigenvalue weighted by molar-refractivity contribution is 0.297. The minimum absolute atomic E-state index is 0.273. The first-order valence-electron chi connectivity index (χ1n) is 6.18. The van der Waals surface area contributed by atoms with E-state index in [2.05, 4.69) is 10.1 Å². The van der Waals surface area contributed by atoms with Gasteiger partial charge in [0.2, 0.25) is 10.0 Å². The number of hydrogen-bond acceptors (Lipinski definition) is 4. The van der Waals surface area contributed by atoms with Crippen molar-refractivity contribution in [1.82, 2.24) is 4.72 Å². The van der Waals surface area contributed by atoms with Gasteiger partial charge in [0.15, 0.2) is 0 Å². The summed E-state index contributed by atoms with van der Waals surface area (Å²) in [5.74, 6) is 5.93. The number of benzene rings is 1. The standard InChI is InChI=1S/C12H19N3O2S/c13-15-11-4-6-12(7-5-11)18(16,17)14-9-8-10-2-1-3-10/h4-7,10,14-15H,1-3,8-9,13H2. The molecule has 18 heavy (non-hydrogen) atoms. The lowest BCUT2D eigenvalue weighted by Gasteiger charge is -2.25. The number of nitrogen functional groups attached to an aromatic ring is 1. The van der Waals surface area contributed by atoms with Crippen molar-refractivity contribution in [2.45, 2.75) is 30.6 Å². The van der Waals surface area contributed by atoms with Crippen LogP contribution < -0.4 is 16.0 Å². The van der Waals surface area contributed by atoms with Crippen molar-refractivity contribution in [2.24, 2.45) is 11.8 Å². The van der Waals surface area contributed by atoms with Crippen LogP contribution in [0.1, 0.15) is 25.7 Å². The first-order valence-corrected chi connectivity index (χ1v) is 7.66. The fourth-order valence-electron chi connectivity index (χ4n) is 1.99. The molecule has 1 aliphatic carbocycles. The number of rotatable bonds is 6. The Morgan fingerprint density at radius 1 is 1.22 bits per heavy atom. The van der Waals surface area contributed by atoms with E-state index in [1.54, 1.807) is 24.3 Å². The van der Waals surface area contributed by atoms with Crippen LogP contribution in [-0.2, 0) is 10.0 Å². The molecule has 1 aromatic carbocycles. The van der Waals surface area contributed by atoms with Gasteiger partial charge in [0, 0.05) is 12.2 Å². The number of nitrogens with two attached hydrogens (primary N) is 1. The van der Waals surface area contributed by atoms with Gasteiger partial charge in [-0.1, -0.05) is 19.3 Å². The molecule has 0 atom stereocenters. The lowest BCUT2D eigenvalue weighted by atomic mass is 9.83. The van der Waals surface area contributed by atoms with Gasteiger partial charge >= 0.3 is 0 Å². The SMILES string of the molecule is NNc1ccc(S(=O)(=O)NCCC2CCC2)cc1. The van der Waals surface area contributed by atoms with Crippen molar-refractivity contribution in [3.05, 3.63) is 24.3 Å². The van der Waals surface area contributed by atoms with E-state index in [1.807, 2.05) is 0 Å². The molecular formula is C12H19N3O2S. The van der Waals surface area contributed by atoms with Crippen LogP contribution in [0.4, 0.5) is 5.69 Å². The Balaban J connectivity index is 1.91. The highest BCUT2D eigenvalue weighted by Gasteiger charge is 2.19. The van der Waals surface area contributed by atoms with Gasteiger partial charge in [-0.2, -0.15) is 0 Å². The van der Waals surface area contributed by atoms with Gasteiger partial charge in [-0.15, -0.1) is 0 Å². The number of nitrogens with one attached hydrogen (secondary N) is 2. The third-order valence-corrected chi connectivity index (χ3v) is 4.88. The summed E-state index contributed by atoms with van der Waals surface area (Å²) in [6, 6.07) is 6.36. The van der Waals surface area contributed by atoms with Gasteiger partial charge in [-0.05, 0) is 36.6 Å². The van der Waals surface area contributed by atoms with E-state index in [4.69, 9.17) is 5.84 Å². The van der Waals surface area contributed by atoms with Crippen molar-refractivity contribution in [3.63, 3.8) is 0 Å². The maximum absolute atomic E-state index is 12.0. The third kappa shape index (κ3) is 3.22. The topological polar surface area (TPSA) is 84.2 Å². The molecule has 4 N–H and O–H groups in total. The summed E-state index contributed by atoms with van der Waals surface area (Å²) in [7, 11) is -3.38. The second-order valence-corrected chi connectivity index (χ2v) is 6.42. The number of hydrogen-bond donors (Lipinski definition) is 3. The monoisotopic (exact) mass is 269 g/mol. The van der Waals surface area contributed by atoms with E-state index in [-0.39, 0.29) is 4.90 Å². The molecule has 0 bridgehead atoms. The van der Waals surface area contributed by atoms with Gasteiger partial charge in [0.05, 0.1) is 4.90 Å². The summed E-state index contributed by atoms with van der Waals surface area (Å²) in [5, 5.41) is 0. The molecule has 0 heterocycles. The van der Waals surface area contributed by atoms with Gasteiger partial charge in [0.25, 0.3) is 0 Å². The molecule has 0 spiro atoms. The van der Waals surface area contributed by atoms with E-state index in [1.165, 1.54) is 19.3 Å². The zero-order chi connectivity index (χ0) is 13.0. The summed E-state index contributed by atoms with van der Waals surface area (Å²) in [6.45, 7) is 0.518. The van der Waals surface area contributed by atoms with Crippen LogP contribution in [0.2, 0.25) is 0 Å². The Morgan fingerprint density at radius 3 is 2.39 bits per heavy atom. The molecule has 5 nitrogen and oxygen atoms in total. The van der Waals surface area contributed by atoms with Gasteiger partial charge in [-0.3, -0.25) is 5.84 Å². The highest BCUT2D eigenvalue weighted by Crippen LogP contribution is 2.28. The van der Waals surface area contributed by atoms with Crippen molar-refractivity contribution in [1.29, 1.82) is 0 Å². The molecule has 1 aliphatic rings. The van der Waals surface area contributed by atoms with E-state index in [0.717, 1.165) is 6.42 Å². The van der Waals surface area contributed by atoms with Gasteiger partial charge < -0.3 is 5.43 Å². The fraction of sp³-hybridized carbons (Fsp3) is 0.500. The normalized spacial score (nSPS) is 16.3.